The van der Waals surface area contributed by atoms with Crippen LogP contribution < -0.4 is 0 Å². The second-order valence-electron chi connectivity index (χ2n) is 2.53. The largest absolute Gasteiger partial charge is 0.127 e. The van der Waals surface area contributed by atoms with Gasteiger partial charge in [0.05, 0.1) is 4.70 Å². The first-order chi connectivity index (χ1) is 6.24. The number of hydrogen-bond donors (Lipinski definition) is 0. The molecule has 0 saturated heterocycles. The van der Waals surface area contributed by atoms with E-state index in [0.717, 1.165) is 8.81 Å². The fraction of sp³-hybridized carbons (Fsp3) is 0.111. The highest BCUT2D eigenvalue weighted by Gasteiger charge is 2.10. The highest BCUT2D eigenvalue weighted by atomic mass is 79.9. The molecule has 0 aliphatic rings. The standard InChI is InChI=1S/C9H6BrClS2/c1-12-8-5-3-2-4-6(10)7(5)13-9(8)11/h2-4H,1H3. The lowest BCUT2D eigenvalue weighted by atomic mass is 10.3. The van der Waals surface area contributed by atoms with Crippen LogP contribution in [0.25, 0.3) is 10.1 Å². The first-order valence-corrected chi connectivity index (χ1v) is 6.85. The first-order valence-electron chi connectivity index (χ1n) is 3.64. The maximum atomic E-state index is 6.12. The number of thioether (sulfide) groups is 1. The van der Waals surface area contributed by atoms with Gasteiger partial charge in [-0.2, -0.15) is 0 Å². The van der Waals surface area contributed by atoms with Crippen LogP contribution in [0, 0.1) is 0 Å². The lowest BCUT2D eigenvalue weighted by Crippen LogP contribution is -1.68. The van der Waals surface area contributed by atoms with Crippen LogP contribution in [0.3, 0.4) is 0 Å². The molecule has 0 nitrogen and oxygen atoms in total. The van der Waals surface area contributed by atoms with Gasteiger partial charge in [-0.25, -0.2) is 0 Å². The van der Waals surface area contributed by atoms with Gasteiger partial charge in [-0.3, -0.25) is 0 Å². The Bertz CT molecular complexity index is 450. The molecule has 0 radical (unpaired) electrons. The Kier molecular flexibility index (Phi) is 2.88. The lowest BCUT2D eigenvalue weighted by molar-refractivity contribution is 1.65. The molecule has 0 spiro atoms. The summed E-state index contributed by atoms with van der Waals surface area (Å²) in [6.07, 6.45) is 2.05. The molecule has 0 unspecified atom stereocenters. The molecule has 4 heteroatoms. The highest BCUT2D eigenvalue weighted by Crippen LogP contribution is 2.43. The topological polar surface area (TPSA) is 0 Å². The zero-order chi connectivity index (χ0) is 9.42. The van der Waals surface area contributed by atoms with E-state index in [1.807, 2.05) is 18.4 Å². The number of fused-ring (bicyclic) bond motifs is 1. The van der Waals surface area contributed by atoms with Crippen LogP contribution in [0.5, 0.6) is 0 Å². The van der Waals surface area contributed by atoms with Crippen molar-refractivity contribution >= 4 is 60.7 Å². The Morgan fingerprint density at radius 3 is 2.92 bits per heavy atom. The van der Waals surface area contributed by atoms with Crippen molar-refractivity contribution in [3.05, 3.63) is 27.0 Å². The van der Waals surface area contributed by atoms with E-state index in [0.29, 0.717) is 0 Å². The molecule has 2 rings (SSSR count). The molecule has 1 aromatic heterocycles. The average molecular weight is 294 g/mol. The Hall–Kier alpha value is 0.300. The van der Waals surface area contributed by atoms with Gasteiger partial charge in [-0.15, -0.1) is 23.1 Å². The van der Waals surface area contributed by atoms with Gasteiger partial charge >= 0.3 is 0 Å². The molecule has 0 N–H and O–H groups in total. The Labute approximate surface area is 98.4 Å². The number of hydrogen-bond acceptors (Lipinski definition) is 2. The van der Waals surface area contributed by atoms with Crippen LogP contribution in [-0.2, 0) is 0 Å². The number of benzene rings is 1. The average Bonchev–Trinajstić information content (AvgIpc) is 2.43. The summed E-state index contributed by atoms with van der Waals surface area (Å²) in [7, 11) is 0. The zero-order valence-corrected chi connectivity index (χ0v) is 10.8. The maximum Gasteiger partial charge on any atom is 0.108 e. The van der Waals surface area contributed by atoms with E-state index in [-0.39, 0.29) is 0 Å². The summed E-state index contributed by atoms with van der Waals surface area (Å²) in [5.41, 5.74) is 0. The number of rotatable bonds is 1. The van der Waals surface area contributed by atoms with Gasteiger partial charge in [-0.05, 0) is 28.3 Å². The fourth-order valence-corrected chi connectivity index (χ4v) is 4.21. The maximum absolute atomic E-state index is 6.12. The molecule has 68 valence electrons. The van der Waals surface area contributed by atoms with Crippen LogP contribution in [0.1, 0.15) is 0 Å². The predicted octanol–water partition coefficient (Wildman–Crippen LogP) is 5.04. The Balaban J connectivity index is 2.86. The minimum atomic E-state index is 0.884. The molecule has 1 heterocycles. The molecule has 0 atom stereocenters. The van der Waals surface area contributed by atoms with E-state index in [2.05, 4.69) is 22.0 Å². The smallest absolute Gasteiger partial charge is 0.108 e. The van der Waals surface area contributed by atoms with Crippen LogP contribution >= 0.6 is 50.6 Å². The summed E-state index contributed by atoms with van der Waals surface area (Å²) in [5.74, 6) is 0. The molecule has 0 amide bonds. The van der Waals surface area contributed by atoms with Crippen LogP contribution in [0.2, 0.25) is 4.34 Å². The van der Waals surface area contributed by atoms with Gasteiger partial charge in [0.2, 0.25) is 0 Å². The van der Waals surface area contributed by atoms with Gasteiger partial charge in [0.15, 0.2) is 0 Å². The first kappa shape index (κ1) is 9.84. The molecule has 0 fully saturated rings. The summed E-state index contributed by atoms with van der Waals surface area (Å²) < 4.78 is 3.24. The molecule has 2 aromatic rings. The van der Waals surface area contributed by atoms with E-state index in [1.54, 1.807) is 23.1 Å². The minimum Gasteiger partial charge on any atom is -0.127 e. The van der Waals surface area contributed by atoms with Crippen molar-refractivity contribution in [2.75, 3.05) is 6.26 Å². The number of halogens is 2. The minimum absolute atomic E-state index is 0.884. The van der Waals surface area contributed by atoms with Gasteiger partial charge in [0, 0.05) is 14.8 Å². The highest BCUT2D eigenvalue weighted by molar-refractivity contribution is 9.10. The summed E-state index contributed by atoms with van der Waals surface area (Å²) >= 11 is 13.0. The van der Waals surface area contributed by atoms with Crippen LogP contribution in [-0.4, -0.2) is 6.26 Å². The summed E-state index contributed by atoms with van der Waals surface area (Å²) in [4.78, 5) is 1.18. The second kappa shape index (κ2) is 3.81. The van der Waals surface area contributed by atoms with Crippen molar-refractivity contribution in [3.63, 3.8) is 0 Å². The quantitative estimate of drug-likeness (QED) is 0.664. The van der Waals surface area contributed by atoms with Gasteiger partial charge in [0.25, 0.3) is 0 Å². The third-order valence-corrected chi connectivity index (χ3v) is 5.23. The zero-order valence-electron chi connectivity index (χ0n) is 6.80. The third kappa shape index (κ3) is 1.63. The van der Waals surface area contributed by atoms with E-state index >= 15 is 0 Å². The third-order valence-electron chi connectivity index (χ3n) is 1.79. The number of thiophene rings is 1. The summed E-state index contributed by atoms with van der Waals surface area (Å²) in [6.45, 7) is 0. The van der Waals surface area contributed by atoms with Crippen molar-refractivity contribution in [1.29, 1.82) is 0 Å². The van der Waals surface area contributed by atoms with Crippen LogP contribution in [0.4, 0.5) is 0 Å². The normalized spacial score (nSPS) is 11.0. The van der Waals surface area contributed by atoms with E-state index in [9.17, 15) is 0 Å². The molecule has 13 heavy (non-hydrogen) atoms. The Morgan fingerprint density at radius 2 is 2.23 bits per heavy atom. The monoisotopic (exact) mass is 292 g/mol. The lowest BCUT2D eigenvalue weighted by Gasteiger charge is -1.94. The van der Waals surface area contributed by atoms with E-state index in [1.165, 1.54) is 15.0 Å². The van der Waals surface area contributed by atoms with Crippen LogP contribution in [0.15, 0.2) is 27.6 Å². The SMILES string of the molecule is CSc1c(Cl)sc2c(Br)cccc12. The van der Waals surface area contributed by atoms with Gasteiger partial charge in [0.1, 0.15) is 4.34 Å². The predicted molar refractivity (Wildman–Crippen MR) is 66.3 cm³/mol. The summed E-state index contributed by atoms with van der Waals surface area (Å²) in [6, 6.07) is 6.18. The fourth-order valence-electron chi connectivity index (χ4n) is 1.22. The van der Waals surface area contributed by atoms with E-state index < -0.39 is 0 Å². The molecule has 0 bridgehead atoms. The second-order valence-corrected chi connectivity index (χ2v) is 5.82. The van der Waals surface area contributed by atoms with Crippen molar-refractivity contribution in [2.45, 2.75) is 4.90 Å². The van der Waals surface area contributed by atoms with Crippen molar-refractivity contribution in [3.8, 4) is 0 Å². The Morgan fingerprint density at radius 1 is 1.46 bits per heavy atom. The summed E-state index contributed by atoms with van der Waals surface area (Å²) in [5, 5.41) is 1.25. The van der Waals surface area contributed by atoms with Gasteiger partial charge in [-0.1, -0.05) is 23.7 Å². The van der Waals surface area contributed by atoms with Crippen molar-refractivity contribution in [2.24, 2.45) is 0 Å². The molecule has 0 aliphatic carbocycles. The van der Waals surface area contributed by atoms with Gasteiger partial charge < -0.3 is 0 Å². The molecular weight excluding hydrogens is 288 g/mol. The van der Waals surface area contributed by atoms with Crippen molar-refractivity contribution in [1.82, 2.24) is 0 Å². The van der Waals surface area contributed by atoms with Crippen molar-refractivity contribution < 1.29 is 0 Å². The molecular formula is C9H6BrClS2. The molecule has 0 saturated carbocycles. The van der Waals surface area contributed by atoms with E-state index in [4.69, 9.17) is 11.6 Å². The molecule has 1 aromatic carbocycles. The molecule has 0 aliphatic heterocycles.